The molecule has 4 aromatic carbocycles. The first-order valence-electron chi connectivity index (χ1n) is 24.6. The minimum atomic E-state index is -0.694. The Hall–Kier alpha value is -7.04. The van der Waals surface area contributed by atoms with Crippen LogP contribution in [0.5, 0.6) is 0 Å². The second-order valence-corrected chi connectivity index (χ2v) is 23.2. The number of rotatable bonds is 12. The molecule has 0 aliphatic carbocycles. The van der Waals surface area contributed by atoms with E-state index in [1.807, 2.05) is 27.7 Å². The Morgan fingerprint density at radius 1 is 0.375 bits per heavy atom. The van der Waals surface area contributed by atoms with Crippen LogP contribution in [0.15, 0.2) is 111 Å². The third-order valence-electron chi connectivity index (χ3n) is 15.1. The maximum atomic E-state index is 12.5. The zero-order valence-corrected chi connectivity index (χ0v) is 51.9. The van der Waals surface area contributed by atoms with E-state index >= 15 is 0 Å². The van der Waals surface area contributed by atoms with Crippen molar-refractivity contribution in [2.45, 2.75) is 109 Å². The molecule has 0 spiro atoms. The minimum Gasteiger partial charge on any atom is -0.271 e. The Labute approximate surface area is 493 Å². The van der Waals surface area contributed by atoms with Gasteiger partial charge >= 0.3 is 0 Å². The molecule has 4 aliphatic rings. The molecule has 0 saturated heterocycles. The fourth-order valence-corrected chi connectivity index (χ4v) is 9.74. The normalized spacial score (nSPS) is 22.1. The third-order valence-corrected chi connectivity index (χ3v) is 17.1. The van der Waals surface area contributed by atoms with E-state index in [-0.39, 0.29) is 69.1 Å². The van der Waals surface area contributed by atoms with Gasteiger partial charge in [-0.1, -0.05) is 91.4 Å². The summed E-state index contributed by atoms with van der Waals surface area (Å²) >= 11 is 12.8. The summed E-state index contributed by atoms with van der Waals surface area (Å²) < 4.78 is 2.33. The van der Waals surface area contributed by atoms with E-state index in [0.29, 0.717) is 66.4 Å². The van der Waals surface area contributed by atoms with Gasteiger partial charge in [0, 0.05) is 42.2 Å². The van der Waals surface area contributed by atoms with Crippen molar-refractivity contribution in [3.05, 3.63) is 131 Å². The summed E-state index contributed by atoms with van der Waals surface area (Å²) in [6.07, 6.45) is 2.40. The smallest absolute Gasteiger partial charge is 0.271 e. The fourth-order valence-electron chi connectivity index (χ4n) is 8.35. The van der Waals surface area contributed by atoms with E-state index in [4.69, 9.17) is 0 Å². The zero-order chi connectivity index (χ0) is 60.3. The predicted molar refractivity (Wildman–Crippen MR) is 319 cm³/mol. The van der Waals surface area contributed by atoms with Crippen molar-refractivity contribution in [1.29, 1.82) is 0 Å². The molecule has 4 atom stereocenters. The first-order valence-corrected chi connectivity index (χ1v) is 27.8. The van der Waals surface area contributed by atoms with E-state index in [9.17, 15) is 59.6 Å². The summed E-state index contributed by atoms with van der Waals surface area (Å²) in [4.78, 5) is 92.6. The molecular weight excluding hydrogens is 1300 g/mol. The van der Waals surface area contributed by atoms with Gasteiger partial charge in [0.25, 0.3) is 46.4 Å². The van der Waals surface area contributed by atoms with Crippen molar-refractivity contribution >= 4 is 156 Å². The van der Waals surface area contributed by atoms with Gasteiger partial charge in [0.1, 0.15) is 22.7 Å². The second-order valence-electron chi connectivity index (χ2n) is 19.5. The molecule has 4 amide bonds. The molecule has 4 aromatic rings. The largest absolute Gasteiger partial charge is 0.296 e. The highest BCUT2D eigenvalue weighted by atomic mass is 79.9. The monoisotopic (exact) mass is 1360 g/mol. The standard InChI is InChI=1S/4C13H14BrN3O3/c4*1-4-13(3)8(2)15-16(12(13)18)10-6-5-9(14)7-11(10)17(19)20/h4*5-7H,4H2,1-3H3/t4*13-/m0000/s1. The van der Waals surface area contributed by atoms with Crippen molar-refractivity contribution in [3.8, 4) is 0 Å². The average molecular weight is 1360 g/mol. The quantitative estimate of drug-likeness (QED) is 0.0944. The topological polar surface area (TPSA) is 303 Å². The van der Waals surface area contributed by atoms with Crippen molar-refractivity contribution in [2.75, 3.05) is 20.0 Å². The average Bonchev–Trinajstić information content (AvgIpc) is 3.98. The molecule has 4 aliphatic heterocycles. The molecule has 424 valence electrons. The SMILES string of the molecule is CC[C@]1(C)C(=O)N(c2ccc(Br)cc2[N+](=O)[O-])N=C1C.CC[C@]1(C)C(=O)N(c2ccc(Br)cc2[N+](=O)[O-])N=C1C.CC[C@]1(C)C(=O)N(c2ccc(Br)cc2[N+](=O)[O-])N=C1C.CC[C@]1(C)C(=O)N(c2ccc(Br)cc2[N+](=O)[O-])N=C1C. The molecule has 0 radical (unpaired) electrons. The number of carbonyl (C=O) groups excluding carboxylic acids is 4. The maximum absolute atomic E-state index is 12.5. The maximum Gasteiger partial charge on any atom is 0.296 e. The van der Waals surface area contributed by atoms with Gasteiger partial charge in [-0.05, 0) is 130 Å². The number of nitro benzene ring substituents is 4. The van der Waals surface area contributed by atoms with Gasteiger partial charge in [-0.15, -0.1) is 0 Å². The van der Waals surface area contributed by atoms with Crippen LogP contribution in [0.1, 0.15) is 109 Å². The number of benzene rings is 4. The van der Waals surface area contributed by atoms with Gasteiger partial charge in [-0.25, -0.2) is 0 Å². The molecule has 0 saturated carbocycles. The van der Waals surface area contributed by atoms with E-state index < -0.39 is 41.4 Å². The van der Waals surface area contributed by atoms with Gasteiger partial charge in [-0.2, -0.15) is 40.4 Å². The van der Waals surface area contributed by atoms with Crippen molar-refractivity contribution in [3.63, 3.8) is 0 Å². The third kappa shape index (κ3) is 12.2. The lowest BCUT2D eigenvalue weighted by Crippen LogP contribution is -2.36. The number of hydrogen-bond donors (Lipinski definition) is 0. The lowest BCUT2D eigenvalue weighted by Gasteiger charge is -2.21. The summed E-state index contributed by atoms with van der Waals surface area (Å²) in [7, 11) is 0. The van der Waals surface area contributed by atoms with Gasteiger partial charge in [0.05, 0.1) is 64.2 Å². The van der Waals surface area contributed by atoms with Gasteiger partial charge in [0.15, 0.2) is 0 Å². The molecule has 28 heteroatoms. The lowest BCUT2D eigenvalue weighted by atomic mass is 9.83. The van der Waals surface area contributed by atoms with Crippen LogP contribution in [0.3, 0.4) is 0 Å². The van der Waals surface area contributed by atoms with Crippen LogP contribution in [0, 0.1) is 62.1 Å². The Bertz CT molecular complexity index is 2960. The first-order chi connectivity index (χ1) is 37.2. The van der Waals surface area contributed by atoms with Crippen LogP contribution >= 0.6 is 63.7 Å². The van der Waals surface area contributed by atoms with Crippen LogP contribution in [0.2, 0.25) is 0 Å². The Morgan fingerprint density at radius 3 is 0.662 bits per heavy atom. The highest BCUT2D eigenvalue weighted by molar-refractivity contribution is 9.11. The van der Waals surface area contributed by atoms with Crippen molar-refractivity contribution in [2.24, 2.45) is 42.1 Å². The van der Waals surface area contributed by atoms with Gasteiger partial charge < -0.3 is 0 Å². The number of hydrazone groups is 4. The molecule has 0 bridgehead atoms. The summed E-state index contributed by atoms with van der Waals surface area (Å²) in [5.74, 6) is -0.934. The van der Waals surface area contributed by atoms with Crippen LogP contribution < -0.4 is 20.0 Å². The molecule has 0 aromatic heterocycles. The molecule has 0 fully saturated rings. The molecule has 24 nitrogen and oxygen atoms in total. The number of nitro groups is 4. The Morgan fingerprint density at radius 2 is 0.537 bits per heavy atom. The number of nitrogens with zero attached hydrogens (tertiary/aromatic N) is 12. The summed E-state index contributed by atoms with van der Waals surface area (Å²) in [5, 5.41) is 66.0. The number of amides is 4. The molecule has 0 N–H and O–H groups in total. The van der Waals surface area contributed by atoms with Gasteiger partial charge in [0.2, 0.25) is 0 Å². The van der Waals surface area contributed by atoms with E-state index in [0.717, 1.165) is 20.0 Å². The summed E-state index contributed by atoms with van der Waals surface area (Å²) in [6.45, 7) is 21.9. The number of anilines is 4. The van der Waals surface area contributed by atoms with E-state index in [1.54, 1.807) is 79.7 Å². The van der Waals surface area contributed by atoms with Crippen LogP contribution in [0.25, 0.3) is 0 Å². The zero-order valence-electron chi connectivity index (χ0n) is 45.5. The summed E-state index contributed by atoms with van der Waals surface area (Å²) in [5.41, 5.74) is 0.0836. The van der Waals surface area contributed by atoms with E-state index in [1.165, 1.54) is 48.5 Å². The molecular formula is C52H56Br4N12O12. The van der Waals surface area contributed by atoms with Gasteiger partial charge in [-0.3, -0.25) is 59.6 Å². The molecule has 80 heavy (non-hydrogen) atoms. The van der Waals surface area contributed by atoms with E-state index in [2.05, 4.69) is 84.1 Å². The second kappa shape index (κ2) is 24.8. The van der Waals surface area contributed by atoms with Crippen LogP contribution in [0.4, 0.5) is 45.5 Å². The Balaban J connectivity index is 0.000000196. The van der Waals surface area contributed by atoms with Crippen molar-refractivity contribution < 1.29 is 38.9 Å². The predicted octanol–water partition coefficient (Wildman–Crippen LogP) is 14.0. The molecule has 8 rings (SSSR count). The van der Waals surface area contributed by atoms with Crippen molar-refractivity contribution in [1.82, 2.24) is 0 Å². The fraction of sp³-hybridized carbons (Fsp3) is 0.385. The van der Waals surface area contributed by atoms with Crippen LogP contribution in [-0.4, -0.2) is 66.2 Å². The van der Waals surface area contributed by atoms with Crippen LogP contribution in [-0.2, 0) is 19.2 Å². The number of halogens is 4. The highest BCUT2D eigenvalue weighted by Crippen LogP contribution is 2.44. The number of hydrogen-bond acceptors (Lipinski definition) is 16. The summed E-state index contributed by atoms with van der Waals surface area (Å²) in [6, 6.07) is 18.2. The minimum absolute atomic E-state index is 0.148. The highest BCUT2D eigenvalue weighted by Gasteiger charge is 2.49. The number of carbonyl (C=O) groups is 4. The first kappa shape index (κ1) is 63.8. The lowest BCUT2D eigenvalue weighted by molar-refractivity contribution is -0.384. The molecule has 0 unspecified atom stereocenters. The molecule has 4 heterocycles. The Kier molecular flexibility index (Phi) is 19.7.